The van der Waals surface area contributed by atoms with Crippen LogP contribution in [0.4, 0.5) is 8.78 Å². The molecule has 0 aliphatic carbocycles. The van der Waals surface area contributed by atoms with Crippen molar-refractivity contribution in [3.8, 4) is 0 Å². The number of alkyl halides is 1. The van der Waals surface area contributed by atoms with Gasteiger partial charge in [0.25, 0.3) is 0 Å². The predicted octanol–water partition coefficient (Wildman–Crippen LogP) is 3.71. The third-order valence-electron chi connectivity index (χ3n) is 1.55. The largest absolute Gasteiger partial charge is 0.242 e. The SMILES string of the molecule is [CH2]CC(F)c1ccc(Cl)cc1F. The first-order valence-electron chi connectivity index (χ1n) is 3.53. The minimum atomic E-state index is -1.35. The molecule has 0 heterocycles. The van der Waals surface area contributed by atoms with Crippen molar-refractivity contribution in [1.82, 2.24) is 0 Å². The summed E-state index contributed by atoms with van der Waals surface area (Å²) >= 11 is 5.49. The Labute approximate surface area is 75.2 Å². The third kappa shape index (κ3) is 1.95. The molecular weight excluding hydrogens is 182 g/mol. The molecule has 0 amide bonds. The molecule has 1 atom stereocenters. The molecule has 1 unspecified atom stereocenters. The van der Waals surface area contributed by atoms with Crippen LogP contribution in [0.5, 0.6) is 0 Å². The molecule has 0 aliphatic rings. The summed E-state index contributed by atoms with van der Waals surface area (Å²) < 4.78 is 25.8. The molecule has 3 heteroatoms. The first kappa shape index (κ1) is 9.46. The van der Waals surface area contributed by atoms with E-state index in [2.05, 4.69) is 6.92 Å². The lowest BCUT2D eigenvalue weighted by Gasteiger charge is -2.06. The summed E-state index contributed by atoms with van der Waals surface area (Å²) in [6, 6.07) is 3.90. The molecule has 0 spiro atoms. The van der Waals surface area contributed by atoms with Gasteiger partial charge in [0.05, 0.1) is 0 Å². The van der Waals surface area contributed by atoms with Crippen LogP contribution in [-0.2, 0) is 0 Å². The summed E-state index contributed by atoms with van der Waals surface area (Å²) in [6.07, 6.45) is -1.32. The monoisotopic (exact) mass is 189 g/mol. The first-order chi connectivity index (χ1) is 5.65. The van der Waals surface area contributed by atoms with Gasteiger partial charge in [0.1, 0.15) is 12.0 Å². The van der Waals surface area contributed by atoms with Gasteiger partial charge in [-0.05, 0) is 18.6 Å². The van der Waals surface area contributed by atoms with E-state index in [9.17, 15) is 8.78 Å². The van der Waals surface area contributed by atoms with Crippen molar-refractivity contribution in [3.63, 3.8) is 0 Å². The van der Waals surface area contributed by atoms with E-state index in [4.69, 9.17) is 11.6 Å². The lowest BCUT2D eigenvalue weighted by atomic mass is 10.1. The quantitative estimate of drug-likeness (QED) is 0.665. The maximum absolute atomic E-state index is 12.9. The molecule has 0 saturated heterocycles. The van der Waals surface area contributed by atoms with Crippen LogP contribution in [-0.4, -0.2) is 0 Å². The van der Waals surface area contributed by atoms with Gasteiger partial charge in [-0.2, -0.15) is 0 Å². The molecule has 0 bridgehead atoms. The zero-order chi connectivity index (χ0) is 9.14. The van der Waals surface area contributed by atoms with Crippen LogP contribution in [0.3, 0.4) is 0 Å². The molecule has 0 nitrogen and oxygen atoms in total. The maximum atomic E-state index is 12.9. The van der Waals surface area contributed by atoms with Crippen molar-refractivity contribution < 1.29 is 8.78 Å². The van der Waals surface area contributed by atoms with E-state index >= 15 is 0 Å². The van der Waals surface area contributed by atoms with Gasteiger partial charge in [0.15, 0.2) is 0 Å². The standard InChI is InChI=1S/C9H8ClF2/c1-2-8(11)7-4-3-6(10)5-9(7)12/h3-5,8H,1-2H2. The molecular formula is C9H8ClF2. The Morgan fingerprint density at radius 3 is 2.67 bits per heavy atom. The summed E-state index contributed by atoms with van der Waals surface area (Å²) in [5.41, 5.74) is 0.0226. The van der Waals surface area contributed by atoms with Crippen LogP contribution in [0.2, 0.25) is 5.02 Å². The van der Waals surface area contributed by atoms with Gasteiger partial charge in [-0.25, -0.2) is 8.78 Å². The average Bonchev–Trinajstić information content (AvgIpc) is 2.03. The minimum Gasteiger partial charge on any atom is -0.242 e. The molecule has 0 aromatic heterocycles. The topological polar surface area (TPSA) is 0 Å². The summed E-state index contributed by atoms with van der Waals surface area (Å²) in [6.45, 7) is 3.35. The number of hydrogen-bond donors (Lipinski definition) is 0. The van der Waals surface area contributed by atoms with Crippen LogP contribution in [0.25, 0.3) is 0 Å². The fourth-order valence-corrected chi connectivity index (χ4v) is 1.07. The Morgan fingerprint density at radius 2 is 2.17 bits per heavy atom. The molecule has 1 aromatic carbocycles. The summed E-state index contributed by atoms with van der Waals surface area (Å²) in [7, 11) is 0. The Hall–Kier alpha value is -0.630. The van der Waals surface area contributed by atoms with Crippen LogP contribution < -0.4 is 0 Å². The minimum absolute atomic E-state index is 0.0226. The van der Waals surface area contributed by atoms with Gasteiger partial charge >= 0.3 is 0 Å². The van der Waals surface area contributed by atoms with E-state index in [-0.39, 0.29) is 17.0 Å². The van der Waals surface area contributed by atoms with Gasteiger partial charge in [-0.1, -0.05) is 24.6 Å². The summed E-state index contributed by atoms with van der Waals surface area (Å²) in [4.78, 5) is 0. The van der Waals surface area contributed by atoms with Crippen LogP contribution >= 0.6 is 11.6 Å². The average molecular weight is 190 g/mol. The highest BCUT2D eigenvalue weighted by atomic mass is 35.5. The van der Waals surface area contributed by atoms with E-state index in [1.807, 2.05) is 0 Å². The molecule has 65 valence electrons. The van der Waals surface area contributed by atoms with Crippen molar-refractivity contribution in [1.29, 1.82) is 0 Å². The zero-order valence-electron chi connectivity index (χ0n) is 6.36. The fraction of sp³-hybridized carbons (Fsp3) is 0.222. The lowest BCUT2D eigenvalue weighted by Crippen LogP contribution is -1.93. The second-order valence-electron chi connectivity index (χ2n) is 2.42. The molecule has 12 heavy (non-hydrogen) atoms. The van der Waals surface area contributed by atoms with E-state index in [1.165, 1.54) is 12.1 Å². The highest BCUT2D eigenvalue weighted by molar-refractivity contribution is 6.30. The van der Waals surface area contributed by atoms with Gasteiger partial charge in [0.2, 0.25) is 0 Å². The Balaban J connectivity index is 3.01. The normalized spacial score (nSPS) is 13.0. The molecule has 0 aliphatic heterocycles. The second kappa shape index (κ2) is 3.85. The number of hydrogen-bond acceptors (Lipinski definition) is 0. The third-order valence-corrected chi connectivity index (χ3v) is 1.79. The van der Waals surface area contributed by atoms with E-state index < -0.39 is 12.0 Å². The Bertz CT molecular complexity index is 273. The highest BCUT2D eigenvalue weighted by Gasteiger charge is 2.12. The Morgan fingerprint density at radius 1 is 1.50 bits per heavy atom. The van der Waals surface area contributed by atoms with Crippen molar-refractivity contribution in [2.75, 3.05) is 0 Å². The van der Waals surface area contributed by atoms with Crippen molar-refractivity contribution >= 4 is 11.6 Å². The van der Waals surface area contributed by atoms with Gasteiger partial charge in [0, 0.05) is 10.6 Å². The van der Waals surface area contributed by atoms with Crippen molar-refractivity contribution in [3.05, 3.63) is 41.5 Å². The van der Waals surface area contributed by atoms with Gasteiger partial charge in [-0.3, -0.25) is 0 Å². The Kier molecular flexibility index (Phi) is 3.04. The summed E-state index contributed by atoms with van der Waals surface area (Å²) in [5, 5.41) is 0.271. The van der Waals surface area contributed by atoms with Crippen LogP contribution in [0.15, 0.2) is 18.2 Å². The van der Waals surface area contributed by atoms with E-state index in [0.29, 0.717) is 0 Å². The second-order valence-corrected chi connectivity index (χ2v) is 2.86. The number of halogens is 3. The summed E-state index contributed by atoms with van der Waals surface area (Å²) in [5.74, 6) is -0.612. The highest BCUT2D eigenvalue weighted by Crippen LogP contribution is 2.25. The molecule has 0 saturated carbocycles. The van der Waals surface area contributed by atoms with E-state index in [1.54, 1.807) is 0 Å². The van der Waals surface area contributed by atoms with E-state index in [0.717, 1.165) is 6.07 Å². The zero-order valence-corrected chi connectivity index (χ0v) is 7.11. The van der Waals surface area contributed by atoms with Crippen LogP contribution in [0, 0.1) is 12.7 Å². The lowest BCUT2D eigenvalue weighted by molar-refractivity contribution is 0.335. The van der Waals surface area contributed by atoms with Crippen LogP contribution in [0.1, 0.15) is 18.2 Å². The number of rotatable bonds is 2. The van der Waals surface area contributed by atoms with Crippen molar-refractivity contribution in [2.24, 2.45) is 0 Å². The number of benzene rings is 1. The molecule has 1 rings (SSSR count). The smallest absolute Gasteiger partial charge is 0.130 e. The van der Waals surface area contributed by atoms with Gasteiger partial charge in [-0.15, -0.1) is 0 Å². The predicted molar refractivity (Wildman–Crippen MR) is 45.2 cm³/mol. The van der Waals surface area contributed by atoms with Crippen molar-refractivity contribution in [2.45, 2.75) is 12.6 Å². The molecule has 1 aromatic rings. The fourth-order valence-electron chi connectivity index (χ4n) is 0.911. The maximum Gasteiger partial charge on any atom is 0.130 e. The molecule has 0 N–H and O–H groups in total. The molecule has 0 fully saturated rings. The first-order valence-corrected chi connectivity index (χ1v) is 3.91. The van der Waals surface area contributed by atoms with Gasteiger partial charge < -0.3 is 0 Å². The molecule has 1 radical (unpaired) electrons.